The summed E-state index contributed by atoms with van der Waals surface area (Å²) in [5.74, 6) is -1.15. The maximum absolute atomic E-state index is 12.9. The standard InChI is InChI=1S/C24H24N2O5/c1-2-14-31-24(29)18-10-12-19(13-11-18)25-22(27)20(16-17-7-4-3-5-8-17)26-23(28)21-9-6-15-30-21/h3-13,15,20H,2,14,16H2,1H3,(H,25,27)(H,26,28). The number of furan rings is 1. The van der Waals surface area contributed by atoms with Crippen molar-refractivity contribution >= 4 is 23.5 Å². The number of ether oxygens (including phenoxy) is 1. The Hall–Kier alpha value is -3.87. The van der Waals surface area contributed by atoms with E-state index in [0.29, 0.717) is 24.3 Å². The average Bonchev–Trinajstić information content (AvgIpc) is 3.33. The second-order valence-corrected chi connectivity index (χ2v) is 6.90. The molecule has 2 aromatic carbocycles. The lowest BCUT2D eigenvalue weighted by Gasteiger charge is -2.18. The molecule has 0 spiro atoms. The molecule has 1 heterocycles. The topological polar surface area (TPSA) is 97.6 Å². The number of anilines is 1. The normalized spacial score (nSPS) is 11.4. The van der Waals surface area contributed by atoms with Gasteiger partial charge in [-0.25, -0.2) is 4.79 Å². The number of esters is 1. The van der Waals surface area contributed by atoms with Crippen LogP contribution < -0.4 is 10.6 Å². The van der Waals surface area contributed by atoms with Crippen molar-refractivity contribution in [3.05, 3.63) is 89.9 Å². The largest absolute Gasteiger partial charge is 0.462 e. The van der Waals surface area contributed by atoms with E-state index in [1.807, 2.05) is 37.3 Å². The van der Waals surface area contributed by atoms with Gasteiger partial charge in [0, 0.05) is 12.1 Å². The number of benzene rings is 2. The molecule has 0 aliphatic carbocycles. The highest BCUT2D eigenvalue weighted by Gasteiger charge is 2.23. The second-order valence-electron chi connectivity index (χ2n) is 6.90. The van der Waals surface area contributed by atoms with Crippen molar-refractivity contribution in [2.24, 2.45) is 0 Å². The lowest BCUT2D eigenvalue weighted by molar-refractivity contribution is -0.118. The Labute approximate surface area is 180 Å². The summed E-state index contributed by atoms with van der Waals surface area (Å²) in [6.45, 7) is 2.27. The first-order chi connectivity index (χ1) is 15.1. The Morgan fingerprint density at radius 2 is 1.71 bits per heavy atom. The number of hydrogen-bond acceptors (Lipinski definition) is 5. The number of hydrogen-bond donors (Lipinski definition) is 2. The first-order valence-corrected chi connectivity index (χ1v) is 10.0. The van der Waals surface area contributed by atoms with Crippen molar-refractivity contribution in [3.8, 4) is 0 Å². The van der Waals surface area contributed by atoms with Crippen molar-refractivity contribution < 1.29 is 23.5 Å². The van der Waals surface area contributed by atoms with Crippen LogP contribution in [0.3, 0.4) is 0 Å². The van der Waals surface area contributed by atoms with Gasteiger partial charge in [0.1, 0.15) is 6.04 Å². The van der Waals surface area contributed by atoms with Crippen LogP contribution in [0, 0.1) is 0 Å². The molecule has 1 aromatic heterocycles. The summed E-state index contributed by atoms with van der Waals surface area (Å²) in [6, 6.07) is 18.1. The van der Waals surface area contributed by atoms with E-state index in [4.69, 9.17) is 9.15 Å². The van der Waals surface area contributed by atoms with E-state index in [0.717, 1.165) is 12.0 Å². The number of nitrogens with one attached hydrogen (secondary N) is 2. The van der Waals surface area contributed by atoms with Gasteiger partial charge in [-0.15, -0.1) is 0 Å². The summed E-state index contributed by atoms with van der Waals surface area (Å²) < 4.78 is 10.2. The molecule has 0 saturated heterocycles. The fourth-order valence-corrected chi connectivity index (χ4v) is 2.89. The van der Waals surface area contributed by atoms with Gasteiger partial charge in [-0.1, -0.05) is 37.3 Å². The van der Waals surface area contributed by atoms with Gasteiger partial charge in [-0.3, -0.25) is 9.59 Å². The van der Waals surface area contributed by atoms with E-state index in [1.54, 1.807) is 30.3 Å². The maximum Gasteiger partial charge on any atom is 0.338 e. The zero-order chi connectivity index (χ0) is 22.1. The molecule has 0 aliphatic rings. The summed E-state index contributed by atoms with van der Waals surface area (Å²) in [5.41, 5.74) is 1.80. The third-order valence-corrected chi connectivity index (χ3v) is 4.47. The molecule has 0 radical (unpaired) electrons. The monoisotopic (exact) mass is 420 g/mol. The Bertz CT molecular complexity index is 998. The predicted molar refractivity (Wildman–Crippen MR) is 116 cm³/mol. The first-order valence-electron chi connectivity index (χ1n) is 10.0. The summed E-state index contributed by atoms with van der Waals surface area (Å²) in [6.07, 6.45) is 2.45. The molecule has 160 valence electrons. The number of carbonyl (C=O) groups excluding carboxylic acids is 3. The maximum atomic E-state index is 12.9. The van der Waals surface area contributed by atoms with Crippen molar-refractivity contribution in [1.82, 2.24) is 5.32 Å². The van der Waals surface area contributed by atoms with Gasteiger partial charge in [-0.2, -0.15) is 0 Å². The van der Waals surface area contributed by atoms with Crippen molar-refractivity contribution in [2.45, 2.75) is 25.8 Å². The van der Waals surface area contributed by atoms with Gasteiger partial charge in [0.05, 0.1) is 18.4 Å². The van der Waals surface area contributed by atoms with Crippen LogP contribution in [0.2, 0.25) is 0 Å². The van der Waals surface area contributed by atoms with E-state index in [2.05, 4.69) is 10.6 Å². The Morgan fingerprint density at radius 1 is 0.968 bits per heavy atom. The highest BCUT2D eigenvalue weighted by atomic mass is 16.5. The van der Waals surface area contributed by atoms with Gasteiger partial charge in [0.15, 0.2) is 5.76 Å². The van der Waals surface area contributed by atoms with E-state index in [9.17, 15) is 14.4 Å². The number of rotatable bonds is 9. The summed E-state index contributed by atoms with van der Waals surface area (Å²) in [7, 11) is 0. The zero-order valence-corrected chi connectivity index (χ0v) is 17.2. The molecule has 2 N–H and O–H groups in total. The Balaban J connectivity index is 1.70. The molecule has 7 nitrogen and oxygen atoms in total. The van der Waals surface area contributed by atoms with Crippen LogP contribution in [0.1, 0.15) is 39.8 Å². The Morgan fingerprint density at radius 3 is 2.35 bits per heavy atom. The van der Waals surface area contributed by atoms with Crippen LogP contribution in [0.15, 0.2) is 77.4 Å². The van der Waals surface area contributed by atoms with Gasteiger partial charge in [0.25, 0.3) is 5.91 Å². The second kappa shape index (κ2) is 10.8. The molecule has 31 heavy (non-hydrogen) atoms. The predicted octanol–water partition coefficient (Wildman–Crippen LogP) is 3.83. The van der Waals surface area contributed by atoms with Crippen molar-refractivity contribution in [2.75, 3.05) is 11.9 Å². The van der Waals surface area contributed by atoms with Crippen LogP contribution in [0.25, 0.3) is 0 Å². The minimum atomic E-state index is -0.825. The molecular formula is C24H24N2O5. The van der Waals surface area contributed by atoms with Crippen LogP contribution in [0.4, 0.5) is 5.69 Å². The zero-order valence-electron chi connectivity index (χ0n) is 17.2. The lowest BCUT2D eigenvalue weighted by Crippen LogP contribution is -2.45. The van der Waals surface area contributed by atoms with Gasteiger partial charge in [-0.05, 0) is 48.4 Å². The lowest BCUT2D eigenvalue weighted by atomic mass is 10.0. The number of amides is 2. The molecule has 0 fully saturated rings. The van der Waals surface area contributed by atoms with E-state index >= 15 is 0 Å². The van der Waals surface area contributed by atoms with E-state index < -0.39 is 17.9 Å². The van der Waals surface area contributed by atoms with E-state index in [1.165, 1.54) is 12.3 Å². The molecule has 2 amide bonds. The molecule has 0 saturated carbocycles. The van der Waals surface area contributed by atoms with Crippen molar-refractivity contribution in [3.63, 3.8) is 0 Å². The van der Waals surface area contributed by atoms with Gasteiger partial charge in [0.2, 0.25) is 5.91 Å². The summed E-state index contributed by atoms with van der Waals surface area (Å²) in [4.78, 5) is 37.3. The molecule has 7 heteroatoms. The van der Waals surface area contributed by atoms with Crippen LogP contribution in [-0.4, -0.2) is 30.4 Å². The number of carbonyl (C=O) groups is 3. The quantitative estimate of drug-likeness (QED) is 0.513. The third kappa shape index (κ3) is 6.30. The minimum Gasteiger partial charge on any atom is -0.462 e. The molecular weight excluding hydrogens is 396 g/mol. The molecule has 3 rings (SSSR count). The molecule has 1 unspecified atom stereocenters. The van der Waals surface area contributed by atoms with E-state index in [-0.39, 0.29) is 11.7 Å². The minimum absolute atomic E-state index is 0.126. The summed E-state index contributed by atoms with van der Waals surface area (Å²) >= 11 is 0. The first kappa shape index (κ1) is 21.8. The third-order valence-electron chi connectivity index (χ3n) is 4.47. The SMILES string of the molecule is CCCOC(=O)c1ccc(NC(=O)C(Cc2ccccc2)NC(=O)c2ccco2)cc1. The molecule has 1 atom stereocenters. The Kier molecular flexibility index (Phi) is 7.59. The van der Waals surface area contributed by atoms with Crippen LogP contribution >= 0.6 is 0 Å². The average molecular weight is 420 g/mol. The van der Waals surface area contributed by atoms with Crippen molar-refractivity contribution in [1.29, 1.82) is 0 Å². The highest BCUT2D eigenvalue weighted by molar-refractivity contribution is 6.00. The molecule has 0 bridgehead atoms. The van der Waals surface area contributed by atoms with Gasteiger partial charge >= 0.3 is 5.97 Å². The van der Waals surface area contributed by atoms with Crippen LogP contribution in [0.5, 0.6) is 0 Å². The highest BCUT2D eigenvalue weighted by Crippen LogP contribution is 2.13. The summed E-state index contributed by atoms with van der Waals surface area (Å²) in [5, 5.41) is 5.51. The molecule has 3 aromatic rings. The smallest absolute Gasteiger partial charge is 0.338 e. The fourth-order valence-electron chi connectivity index (χ4n) is 2.89. The van der Waals surface area contributed by atoms with Gasteiger partial charge < -0.3 is 19.8 Å². The molecule has 0 aliphatic heterocycles. The van der Waals surface area contributed by atoms with Crippen LogP contribution in [-0.2, 0) is 16.0 Å². The fraction of sp³-hybridized carbons (Fsp3) is 0.208.